The number of rotatable bonds is 6. The maximum absolute atomic E-state index is 7.43. The van der Waals surface area contributed by atoms with Gasteiger partial charge >= 0.3 is 219 Å². The Labute approximate surface area is 218 Å². The van der Waals surface area contributed by atoms with Gasteiger partial charge in [0.1, 0.15) is 0 Å². The van der Waals surface area contributed by atoms with Crippen molar-refractivity contribution in [1.82, 2.24) is 0 Å². The molecule has 0 spiro atoms. The van der Waals surface area contributed by atoms with Crippen LogP contribution in [0.25, 0.3) is 0 Å². The summed E-state index contributed by atoms with van der Waals surface area (Å²) in [6, 6.07) is 13.0. The second kappa shape index (κ2) is 9.74. The summed E-state index contributed by atoms with van der Waals surface area (Å²) in [7, 11) is 0. The van der Waals surface area contributed by atoms with Gasteiger partial charge in [0.05, 0.1) is 0 Å². The Kier molecular flexibility index (Phi) is 7.22. The van der Waals surface area contributed by atoms with Crippen LogP contribution >= 0.6 is 0 Å². The molecule has 0 unspecified atom stereocenters. The second-order valence-corrected chi connectivity index (χ2v) is 17.3. The van der Waals surface area contributed by atoms with Crippen molar-refractivity contribution in [1.29, 1.82) is 0 Å². The molecule has 0 bridgehead atoms. The van der Waals surface area contributed by atoms with Gasteiger partial charge in [-0.3, -0.25) is 0 Å². The average molecular weight is 548 g/mol. The first-order chi connectivity index (χ1) is 16.4. The first-order valence-electron chi connectivity index (χ1n) is 12.7. The fourth-order valence-electron chi connectivity index (χ4n) is 5.85. The van der Waals surface area contributed by atoms with E-state index in [1.54, 1.807) is 0 Å². The van der Waals surface area contributed by atoms with Crippen LogP contribution in [-0.2, 0) is 21.1 Å². The van der Waals surface area contributed by atoms with E-state index in [0.29, 0.717) is 0 Å². The van der Waals surface area contributed by atoms with E-state index in [-0.39, 0.29) is 0 Å². The van der Waals surface area contributed by atoms with Crippen LogP contribution in [0, 0.1) is 27.7 Å². The van der Waals surface area contributed by atoms with Crippen molar-refractivity contribution in [2.24, 2.45) is 0 Å². The van der Waals surface area contributed by atoms with Crippen LogP contribution in [0.15, 0.2) is 76.4 Å². The quantitative estimate of drug-likeness (QED) is 0.359. The van der Waals surface area contributed by atoms with Gasteiger partial charge < -0.3 is 0 Å². The van der Waals surface area contributed by atoms with E-state index in [4.69, 9.17) is 5.63 Å². The van der Waals surface area contributed by atoms with Crippen LogP contribution in [-0.4, -0.2) is 0 Å². The minimum atomic E-state index is -4.29. The zero-order chi connectivity index (χ0) is 25.7. The molecule has 0 N–H and O–H groups in total. The van der Waals surface area contributed by atoms with Crippen molar-refractivity contribution in [2.45, 2.75) is 82.1 Å². The summed E-state index contributed by atoms with van der Waals surface area (Å²) in [6.45, 7) is 22.2. The Morgan fingerprint density at radius 3 is 1.17 bits per heavy atom. The Bertz CT molecular complexity index is 1230. The van der Waals surface area contributed by atoms with Crippen molar-refractivity contribution in [2.75, 3.05) is 0 Å². The molecule has 2 aliphatic carbocycles. The summed E-state index contributed by atoms with van der Waals surface area (Å²) in [5, 5.41) is 0. The molecular formula is C32H40O2Zr. The average Bonchev–Trinajstić information content (AvgIpc) is 3.18. The Morgan fingerprint density at radius 2 is 0.886 bits per heavy atom. The normalized spacial score (nSPS) is 16.7. The van der Waals surface area contributed by atoms with Crippen molar-refractivity contribution >= 4 is 0 Å². The Balaban J connectivity index is 2.06. The number of allylic oxidation sites excluding steroid dienone is 8. The molecule has 35 heavy (non-hydrogen) atoms. The minimum absolute atomic E-state index is 0.950. The first-order valence-corrected chi connectivity index (χ1v) is 17.2. The van der Waals surface area contributed by atoms with Crippen LogP contribution in [0.2, 0.25) is 0 Å². The predicted molar refractivity (Wildman–Crippen MR) is 144 cm³/mol. The number of aryl methyl sites for hydroxylation is 4. The first kappa shape index (κ1) is 26.0. The van der Waals surface area contributed by atoms with Gasteiger partial charge in [0, 0.05) is 0 Å². The summed E-state index contributed by atoms with van der Waals surface area (Å²) in [5.74, 6) is 1.90. The van der Waals surface area contributed by atoms with Crippen molar-refractivity contribution < 1.29 is 26.8 Å². The number of benzene rings is 2. The third kappa shape index (κ3) is 4.69. The second-order valence-electron chi connectivity index (χ2n) is 10.8. The van der Waals surface area contributed by atoms with Crippen LogP contribution in [0.1, 0.15) is 76.6 Å². The zero-order valence-corrected chi connectivity index (χ0v) is 25.7. The van der Waals surface area contributed by atoms with E-state index in [9.17, 15) is 0 Å². The van der Waals surface area contributed by atoms with Gasteiger partial charge in [-0.05, 0) is 0 Å². The molecule has 2 aromatic carbocycles. The topological polar surface area (TPSA) is 18.5 Å². The molecule has 0 atom stereocenters. The zero-order valence-electron chi connectivity index (χ0n) is 23.2. The van der Waals surface area contributed by atoms with Crippen LogP contribution < -0.4 is 5.63 Å². The fraction of sp³-hybridized carbons (Fsp3) is 0.375. The molecule has 0 saturated heterocycles. The molecule has 2 aromatic rings. The fourth-order valence-corrected chi connectivity index (χ4v) is 16.9. The van der Waals surface area contributed by atoms with Crippen LogP contribution in [0.5, 0.6) is 11.5 Å². The molecule has 0 aliphatic heterocycles. The van der Waals surface area contributed by atoms with E-state index in [0.717, 1.165) is 24.3 Å². The van der Waals surface area contributed by atoms with Crippen molar-refractivity contribution in [3.63, 3.8) is 0 Å². The van der Waals surface area contributed by atoms with E-state index < -0.39 is 21.1 Å². The van der Waals surface area contributed by atoms with Gasteiger partial charge in [0.15, 0.2) is 0 Å². The molecule has 0 amide bonds. The predicted octanol–water partition coefficient (Wildman–Crippen LogP) is 9.39. The third-order valence-electron chi connectivity index (χ3n) is 7.77. The van der Waals surface area contributed by atoms with Gasteiger partial charge in [-0.1, -0.05) is 0 Å². The number of hydrogen-bond donors (Lipinski definition) is 0. The molecule has 184 valence electrons. The summed E-state index contributed by atoms with van der Waals surface area (Å²) < 4.78 is 17.6. The van der Waals surface area contributed by atoms with Crippen molar-refractivity contribution in [3.05, 3.63) is 98.7 Å². The summed E-state index contributed by atoms with van der Waals surface area (Å²) >= 11 is -4.29. The van der Waals surface area contributed by atoms with E-state index in [1.807, 2.05) is 0 Å². The monoisotopic (exact) mass is 546 g/mol. The van der Waals surface area contributed by atoms with Gasteiger partial charge in [-0.15, -0.1) is 0 Å². The third-order valence-corrected chi connectivity index (χ3v) is 17.4. The van der Waals surface area contributed by atoms with Gasteiger partial charge in [-0.2, -0.15) is 0 Å². The van der Waals surface area contributed by atoms with Gasteiger partial charge in [0.2, 0.25) is 0 Å². The molecule has 3 heteroatoms. The molecule has 0 heterocycles. The van der Waals surface area contributed by atoms with Gasteiger partial charge in [-0.25, -0.2) is 0 Å². The van der Waals surface area contributed by atoms with E-state index in [1.165, 1.54) is 62.3 Å². The molecule has 0 aromatic heterocycles. The molecule has 0 saturated carbocycles. The van der Waals surface area contributed by atoms with Crippen LogP contribution in [0.3, 0.4) is 0 Å². The van der Waals surface area contributed by atoms with Gasteiger partial charge in [0.25, 0.3) is 0 Å². The summed E-state index contributed by atoms with van der Waals surface area (Å²) in [5.41, 5.74) is 13.2. The van der Waals surface area contributed by atoms with E-state index >= 15 is 0 Å². The summed E-state index contributed by atoms with van der Waals surface area (Å²) in [6.07, 6.45) is 2.00. The SMILES string of the molecule is CC1=C(C)[C]([Zr]([O]c2ccc(C)cc2C)([O]c2ccc(C)cc2C)[C]2=C(C)CC(C)=C2C)=C(C)C1. The Morgan fingerprint density at radius 1 is 0.514 bits per heavy atom. The molecule has 2 aliphatic rings. The summed E-state index contributed by atoms with van der Waals surface area (Å²) in [4.78, 5) is 0. The molecule has 4 rings (SSSR count). The molecule has 0 fully saturated rings. The molecule has 2 nitrogen and oxygen atoms in total. The number of hydrogen-bond acceptors (Lipinski definition) is 2. The van der Waals surface area contributed by atoms with E-state index in [2.05, 4.69) is 106 Å². The van der Waals surface area contributed by atoms with Crippen LogP contribution in [0.4, 0.5) is 0 Å². The molecular weight excluding hydrogens is 508 g/mol. The molecule has 0 radical (unpaired) electrons. The standard InChI is InChI=1S/2C8H10O.2C8H11.Zr/c2*1-6-3-4-8(9)7(2)5-6;2*1-6-4-7(2)8(3)5-6;/h2*3-5,9H,1-2H3;2*4H2,1-3H3;/q;;;;+2/p-2. The Hall–Kier alpha value is -2.12. The van der Waals surface area contributed by atoms with Crippen molar-refractivity contribution in [3.8, 4) is 11.5 Å². The maximum atomic E-state index is 7.43.